The summed E-state index contributed by atoms with van der Waals surface area (Å²) in [5.41, 5.74) is 2.20. The molecule has 2 rings (SSSR count). The second kappa shape index (κ2) is 6.59. The maximum atomic E-state index is 13.8. The summed E-state index contributed by atoms with van der Waals surface area (Å²) in [6.07, 6.45) is -0.517. The smallest absolute Gasteiger partial charge is 0.133 e. The van der Waals surface area contributed by atoms with E-state index in [2.05, 4.69) is 0 Å². The Kier molecular flexibility index (Phi) is 4.81. The van der Waals surface area contributed by atoms with Crippen LogP contribution in [0.2, 0.25) is 0 Å². The highest BCUT2D eigenvalue weighted by atomic mass is 19.1. The first kappa shape index (κ1) is 15.3. The molecule has 2 aromatic rings. The predicted molar refractivity (Wildman–Crippen MR) is 79.1 cm³/mol. The molecule has 0 heterocycles. The molecular weight excluding hydrogens is 271 g/mol. The van der Waals surface area contributed by atoms with Crippen molar-refractivity contribution < 1.29 is 19.0 Å². The zero-order valence-electron chi connectivity index (χ0n) is 12.4. The van der Waals surface area contributed by atoms with E-state index in [1.54, 1.807) is 31.2 Å². The summed E-state index contributed by atoms with van der Waals surface area (Å²) in [5, 5.41) is 9.53. The highest BCUT2D eigenvalue weighted by Gasteiger charge is 2.08. The van der Waals surface area contributed by atoms with Crippen molar-refractivity contribution in [3.8, 4) is 11.5 Å². The Morgan fingerprint density at radius 1 is 1.19 bits per heavy atom. The topological polar surface area (TPSA) is 38.7 Å². The Morgan fingerprint density at radius 2 is 1.95 bits per heavy atom. The molecule has 0 bridgehead atoms. The minimum atomic E-state index is -0.517. The average Bonchev–Trinajstić information content (AvgIpc) is 2.46. The molecule has 0 aliphatic rings. The van der Waals surface area contributed by atoms with Crippen LogP contribution >= 0.6 is 0 Å². The van der Waals surface area contributed by atoms with Crippen molar-refractivity contribution in [2.75, 3.05) is 7.11 Å². The van der Waals surface area contributed by atoms with Gasteiger partial charge in [0.05, 0.1) is 13.2 Å². The van der Waals surface area contributed by atoms with Gasteiger partial charge < -0.3 is 14.6 Å². The first-order valence-corrected chi connectivity index (χ1v) is 6.75. The SMILES string of the molecule is COc1ccc(COc2ccc(C(C)O)cc2C)c(F)c1. The molecule has 0 aromatic heterocycles. The highest BCUT2D eigenvalue weighted by Crippen LogP contribution is 2.24. The number of rotatable bonds is 5. The van der Waals surface area contributed by atoms with Crippen LogP contribution in [0.1, 0.15) is 29.7 Å². The van der Waals surface area contributed by atoms with Crippen LogP contribution in [0.15, 0.2) is 36.4 Å². The molecule has 0 aliphatic carbocycles. The van der Waals surface area contributed by atoms with Gasteiger partial charge in [-0.1, -0.05) is 6.07 Å². The van der Waals surface area contributed by atoms with Crippen molar-refractivity contribution in [3.63, 3.8) is 0 Å². The molecule has 0 saturated carbocycles. The van der Waals surface area contributed by atoms with Crippen LogP contribution < -0.4 is 9.47 Å². The number of methoxy groups -OCH3 is 1. The molecule has 4 heteroatoms. The molecule has 112 valence electrons. The molecule has 0 spiro atoms. The zero-order chi connectivity index (χ0) is 15.4. The fourth-order valence-corrected chi connectivity index (χ4v) is 2.02. The van der Waals surface area contributed by atoms with E-state index in [0.717, 1.165) is 11.1 Å². The van der Waals surface area contributed by atoms with Gasteiger partial charge in [-0.3, -0.25) is 0 Å². The molecule has 0 radical (unpaired) electrons. The summed E-state index contributed by atoms with van der Waals surface area (Å²) in [5.74, 6) is 0.802. The number of aliphatic hydroxyl groups is 1. The van der Waals surface area contributed by atoms with Crippen LogP contribution in [0.3, 0.4) is 0 Å². The third-order valence-electron chi connectivity index (χ3n) is 3.32. The minimum Gasteiger partial charge on any atom is -0.497 e. The molecule has 2 aromatic carbocycles. The quantitative estimate of drug-likeness (QED) is 0.911. The van der Waals surface area contributed by atoms with E-state index >= 15 is 0 Å². The number of hydrogen-bond acceptors (Lipinski definition) is 3. The van der Waals surface area contributed by atoms with Crippen LogP contribution in [0.5, 0.6) is 11.5 Å². The third-order valence-corrected chi connectivity index (χ3v) is 3.32. The van der Waals surface area contributed by atoms with E-state index in [4.69, 9.17) is 9.47 Å². The van der Waals surface area contributed by atoms with Crippen molar-refractivity contribution in [1.82, 2.24) is 0 Å². The van der Waals surface area contributed by atoms with Crippen LogP contribution in [0.4, 0.5) is 4.39 Å². The Balaban J connectivity index is 2.09. The van der Waals surface area contributed by atoms with Gasteiger partial charge in [-0.15, -0.1) is 0 Å². The largest absolute Gasteiger partial charge is 0.497 e. The fraction of sp³-hybridized carbons (Fsp3) is 0.294. The average molecular weight is 290 g/mol. The number of halogens is 1. The molecule has 1 unspecified atom stereocenters. The summed E-state index contributed by atoms with van der Waals surface area (Å²) in [4.78, 5) is 0. The van der Waals surface area contributed by atoms with Crippen molar-refractivity contribution >= 4 is 0 Å². The monoisotopic (exact) mass is 290 g/mol. The van der Waals surface area contributed by atoms with Crippen LogP contribution in [-0.4, -0.2) is 12.2 Å². The van der Waals surface area contributed by atoms with Crippen molar-refractivity contribution in [3.05, 3.63) is 58.9 Å². The molecular formula is C17H19FO3. The molecule has 1 N–H and O–H groups in total. The van der Waals surface area contributed by atoms with Gasteiger partial charge in [-0.2, -0.15) is 0 Å². The molecule has 0 saturated heterocycles. The van der Waals surface area contributed by atoms with Gasteiger partial charge in [0.2, 0.25) is 0 Å². The lowest BCUT2D eigenvalue weighted by atomic mass is 10.1. The van der Waals surface area contributed by atoms with Crippen molar-refractivity contribution in [1.29, 1.82) is 0 Å². The maximum absolute atomic E-state index is 13.8. The Bertz CT molecular complexity index is 623. The summed E-state index contributed by atoms with van der Waals surface area (Å²) in [6, 6.07) is 10.1. The lowest BCUT2D eigenvalue weighted by molar-refractivity contribution is 0.199. The highest BCUT2D eigenvalue weighted by molar-refractivity contribution is 5.37. The summed E-state index contributed by atoms with van der Waals surface area (Å²) < 4.78 is 24.4. The van der Waals surface area contributed by atoms with Crippen LogP contribution in [-0.2, 0) is 6.61 Å². The van der Waals surface area contributed by atoms with Gasteiger partial charge in [0.25, 0.3) is 0 Å². The van der Waals surface area contributed by atoms with Gasteiger partial charge >= 0.3 is 0 Å². The zero-order valence-corrected chi connectivity index (χ0v) is 12.4. The van der Waals surface area contributed by atoms with Crippen LogP contribution in [0.25, 0.3) is 0 Å². The van der Waals surface area contributed by atoms with Crippen molar-refractivity contribution in [2.45, 2.75) is 26.6 Å². The standard InChI is InChI=1S/C17H19FO3/c1-11-8-13(12(2)19)5-7-17(11)21-10-14-4-6-15(20-3)9-16(14)18/h4-9,12,19H,10H2,1-3H3. The summed E-state index contributed by atoms with van der Waals surface area (Å²) in [6.45, 7) is 3.75. The molecule has 1 atom stereocenters. The summed E-state index contributed by atoms with van der Waals surface area (Å²) >= 11 is 0. The number of benzene rings is 2. The molecule has 0 aliphatic heterocycles. The van der Waals surface area contributed by atoms with Gasteiger partial charge in [-0.25, -0.2) is 4.39 Å². The van der Waals surface area contributed by atoms with E-state index in [9.17, 15) is 9.50 Å². The molecule has 3 nitrogen and oxygen atoms in total. The first-order chi connectivity index (χ1) is 10.0. The van der Waals surface area contributed by atoms with Gasteiger partial charge in [0, 0.05) is 11.6 Å². The minimum absolute atomic E-state index is 0.144. The fourth-order valence-electron chi connectivity index (χ4n) is 2.02. The molecule has 0 amide bonds. The molecule has 0 fully saturated rings. The number of hydrogen-bond donors (Lipinski definition) is 1. The van der Waals surface area contributed by atoms with E-state index in [1.165, 1.54) is 13.2 Å². The van der Waals surface area contributed by atoms with E-state index in [1.807, 2.05) is 13.0 Å². The third kappa shape index (κ3) is 3.73. The van der Waals surface area contributed by atoms with Crippen LogP contribution in [0, 0.1) is 12.7 Å². The second-order valence-electron chi connectivity index (χ2n) is 4.95. The number of ether oxygens (including phenoxy) is 2. The second-order valence-corrected chi connectivity index (χ2v) is 4.95. The van der Waals surface area contributed by atoms with E-state index in [-0.39, 0.29) is 12.4 Å². The number of aryl methyl sites for hydroxylation is 1. The Morgan fingerprint density at radius 3 is 2.52 bits per heavy atom. The molecule has 21 heavy (non-hydrogen) atoms. The van der Waals surface area contributed by atoms with Gasteiger partial charge in [0.1, 0.15) is 23.9 Å². The lowest BCUT2D eigenvalue weighted by Gasteiger charge is -2.12. The Hall–Kier alpha value is -2.07. The lowest BCUT2D eigenvalue weighted by Crippen LogP contribution is -2.01. The van der Waals surface area contributed by atoms with E-state index < -0.39 is 6.10 Å². The first-order valence-electron chi connectivity index (χ1n) is 6.75. The Labute approximate surface area is 124 Å². The van der Waals surface area contributed by atoms with E-state index in [0.29, 0.717) is 17.1 Å². The maximum Gasteiger partial charge on any atom is 0.133 e. The normalized spacial score (nSPS) is 12.0. The van der Waals surface area contributed by atoms with Crippen molar-refractivity contribution in [2.24, 2.45) is 0 Å². The van der Waals surface area contributed by atoms with Gasteiger partial charge in [0.15, 0.2) is 0 Å². The predicted octanol–water partition coefficient (Wildman–Crippen LogP) is 3.78. The number of aliphatic hydroxyl groups excluding tert-OH is 1. The summed E-state index contributed by atoms with van der Waals surface area (Å²) in [7, 11) is 1.50. The van der Waals surface area contributed by atoms with Gasteiger partial charge in [-0.05, 0) is 49.2 Å².